The van der Waals surface area contributed by atoms with Crippen molar-refractivity contribution in [3.63, 3.8) is 0 Å². The number of nitrogens with one attached hydrogen (secondary N) is 1. The number of hydrogen-bond donors (Lipinski definition) is 1. The summed E-state index contributed by atoms with van der Waals surface area (Å²) in [6.45, 7) is 6.90. The first-order chi connectivity index (χ1) is 7.72. The monoisotopic (exact) mass is 227 g/mol. The second-order valence-corrected chi connectivity index (χ2v) is 5.40. The topological polar surface area (TPSA) is 12.0 Å². The van der Waals surface area contributed by atoms with Gasteiger partial charge in [-0.3, -0.25) is 0 Å². The smallest absolute Gasteiger partial charge is 0.00870 e. The van der Waals surface area contributed by atoms with Crippen LogP contribution in [-0.4, -0.2) is 13.1 Å². The summed E-state index contributed by atoms with van der Waals surface area (Å²) in [6.07, 6.45) is 12.8. The lowest BCUT2D eigenvalue weighted by Gasteiger charge is -2.19. The molecule has 0 amide bonds. The molecule has 0 aliphatic heterocycles. The standard InChI is InChI=1S/C15H33N/c1-5-6-7-8-9-10-11-12-13-15(16-4)14(2)3/h14-16H,5-13H2,1-4H3. The van der Waals surface area contributed by atoms with Crippen molar-refractivity contribution in [2.45, 2.75) is 84.6 Å². The third-order valence-electron chi connectivity index (χ3n) is 3.54. The molecule has 0 rings (SSSR count). The van der Waals surface area contributed by atoms with Crippen molar-refractivity contribution < 1.29 is 0 Å². The van der Waals surface area contributed by atoms with E-state index in [0.717, 1.165) is 12.0 Å². The summed E-state index contributed by atoms with van der Waals surface area (Å²) in [5.41, 5.74) is 0. The van der Waals surface area contributed by atoms with Crippen LogP contribution in [0.2, 0.25) is 0 Å². The van der Waals surface area contributed by atoms with E-state index in [2.05, 4.69) is 33.1 Å². The lowest BCUT2D eigenvalue weighted by molar-refractivity contribution is 0.386. The molecule has 98 valence electrons. The van der Waals surface area contributed by atoms with Crippen LogP contribution in [0.4, 0.5) is 0 Å². The Kier molecular flexibility index (Phi) is 11.4. The van der Waals surface area contributed by atoms with Crippen LogP contribution in [0.5, 0.6) is 0 Å². The summed E-state index contributed by atoms with van der Waals surface area (Å²) < 4.78 is 0. The lowest BCUT2D eigenvalue weighted by Crippen LogP contribution is -2.30. The highest BCUT2D eigenvalue weighted by Crippen LogP contribution is 2.13. The highest BCUT2D eigenvalue weighted by Gasteiger charge is 2.09. The average Bonchev–Trinajstić information content (AvgIpc) is 2.26. The van der Waals surface area contributed by atoms with Crippen LogP contribution in [0.25, 0.3) is 0 Å². The molecule has 0 radical (unpaired) electrons. The first-order valence-corrected chi connectivity index (χ1v) is 7.39. The van der Waals surface area contributed by atoms with Crippen molar-refractivity contribution in [1.29, 1.82) is 0 Å². The van der Waals surface area contributed by atoms with Crippen molar-refractivity contribution in [2.24, 2.45) is 5.92 Å². The molecule has 0 heterocycles. The first kappa shape index (κ1) is 16.0. The van der Waals surface area contributed by atoms with E-state index in [4.69, 9.17) is 0 Å². The lowest BCUT2D eigenvalue weighted by atomic mass is 9.97. The van der Waals surface area contributed by atoms with E-state index in [0.29, 0.717) is 0 Å². The zero-order chi connectivity index (χ0) is 12.2. The second kappa shape index (κ2) is 11.4. The molecule has 0 fully saturated rings. The molecule has 1 N–H and O–H groups in total. The minimum atomic E-state index is 0.722. The van der Waals surface area contributed by atoms with Crippen molar-refractivity contribution in [2.75, 3.05) is 7.05 Å². The van der Waals surface area contributed by atoms with Gasteiger partial charge in [0, 0.05) is 6.04 Å². The molecule has 1 nitrogen and oxygen atoms in total. The summed E-state index contributed by atoms with van der Waals surface area (Å²) in [5, 5.41) is 3.42. The van der Waals surface area contributed by atoms with E-state index < -0.39 is 0 Å². The number of rotatable bonds is 11. The van der Waals surface area contributed by atoms with Gasteiger partial charge in [0.25, 0.3) is 0 Å². The van der Waals surface area contributed by atoms with Crippen LogP contribution in [-0.2, 0) is 0 Å². The maximum absolute atomic E-state index is 3.42. The van der Waals surface area contributed by atoms with E-state index in [1.807, 2.05) is 0 Å². The summed E-state index contributed by atoms with van der Waals surface area (Å²) in [7, 11) is 2.09. The van der Waals surface area contributed by atoms with Gasteiger partial charge in [-0.1, -0.05) is 72.1 Å². The Morgan fingerprint density at radius 3 is 1.75 bits per heavy atom. The van der Waals surface area contributed by atoms with E-state index >= 15 is 0 Å². The molecular formula is C15H33N. The molecule has 1 heteroatoms. The molecule has 0 spiro atoms. The third-order valence-corrected chi connectivity index (χ3v) is 3.54. The summed E-state index contributed by atoms with van der Waals surface area (Å²) in [6, 6.07) is 0.722. The van der Waals surface area contributed by atoms with Crippen LogP contribution < -0.4 is 5.32 Å². The molecule has 16 heavy (non-hydrogen) atoms. The van der Waals surface area contributed by atoms with Crippen LogP contribution in [0, 0.1) is 5.92 Å². The van der Waals surface area contributed by atoms with Crippen molar-refractivity contribution in [3.8, 4) is 0 Å². The molecule has 0 aliphatic carbocycles. The Balaban J connectivity index is 3.19. The third kappa shape index (κ3) is 9.21. The highest BCUT2D eigenvalue weighted by atomic mass is 14.9. The van der Waals surface area contributed by atoms with Gasteiger partial charge in [-0.15, -0.1) is 0 Å². The molecule has 0 bridgehead atoms. The van der Waals surface area contributed by atoms with Crippen molar-refractivity contribution in [3.05, 3.63) is 0 Å². The van der Waals surface area contributed by atoms with E-state index in [-0.39, 0.29) is 0 Å². The fourth-order valence-electron chi connectivity index (χ4n) is 2.31. The highest BCUT2D eigenvalue weighted by molar-refractivity contribution is 4.67. The number of hydrogen-bond acceptors (Lipinski definition) is 1. The quantitative estimate of drug-likeness (QED) is 0.502. The first-order valence-electron chi connectivity index (χ1n) is 7.39. The van der Waals surface area contributed by atoms with Gasteiger partial charge in [-0.25, -0.2) is 0 Å². The number of unbranched alkanes of at least 4 members (excludes halogenated alkanes) is 7. The summed E-state index contributed by atoms with van der Waals surface area (Å²) in [5.74, 6) is 0.773. The molecule has 0 aliphatic rings. The molecule has 0 aromatic heterocycles. The largest absolute Gasteiger partial charge is 0.317 e. The van der Waals surface area contributed by atoms with Crippen molar-refractivity contribution in [1.82, 2.24) is 5.32 Å². The Morgan fingerprint density at radius 2 is 1.31 bits per heavy atom. The van der Waals surface area contributed by atoms with Gasteiger partial charge in [-0.2, -0.15) is 0 Å². The maximum Gasteiger partial charge on any atom is 0.00870 e. The predicted octanol–water partition coefficient (Wildman–Crippen LogP) is 4.76. The molecule has 0 saturated heterocycles. The molecule has 1 unspecified atom stereocenters. The van der Waals surface area contributed by atoms with E-state index in [1.165, 1.54) is 57.8 Å². The Hall–Kier alpha value is -0.0400. The van der Waals surface area contributed by atoms with E-state index in [1.54, 1.807) is 0 Å². The van der Waals surface area contributed by atoms with Gasteiger partial charge in [0.2, 0.25) is 0 Å². The normalized spacial score (nSPS) is 13.3. The van der Waals surface area contributed by atoms with Crippen LogP contribution in [0.3, 0.4) is 0 Å². The second-order valence-electron chi connectivity index (χ2n) is 5.40. The summed E-state index contributed by atoms with van der Waals surface area (Å²) in [4.78, 5) is 0. The SMILES string of the molecule is CCCCCCCCCCC(NC)C(C)C. The maximum atomic E-state index is 3.42. The van der Waals surface area contributed by atoms with Gasteiger partial charge >= 0.3 is 0 Å². The zero-order valence-corrected chi connectivity index (χ0v) is 12.0. The molecule has 1 atom stereocenters. The van der Waals surface area contributed by atoms with Gasteiger partial charge in [0.05, 0.1) is 0 Å². The molecule has 0 saturated carbocycles. The summed E-state index contributed by atoms with van der Waals surface area (Å²) >= 11 is 0. The van der Waals surface area contributed by atoms with E-state index in [9.17, 15) is 0 Å². The fourth-order valence-corrected chi connectivity index (χ4v) is 2.31. The van der Waals surface area contributed by atoms with Gasteiger partial charge in [0.1, 0.15) is 0 Å². The van der Waals surface area contributed by atoms with Gasteiger partial charge < -0.3 is 5.32 Å². The minimum absolute atomic E-state index is 0.722. The van der Waals surface area contributed by atoms with Crippen molar-refractivity contribution >= 4 is 0 Å². The Bertz CT molecular complexity index is 131. The predicted molar refractivity (Wildman–Crippen MR) is 74.9 cm³/mol. The minimum Gasteiger partial charge on any atom is -0.317 e. The van der Waals surface area contributed by atoms with Gasteiger partial charge in [-0.05, 0) is 19.4 Å². The van der Waals surface area contributed by atoms with Crippen LogP contribution >= 0.6 is 0 Å². The average molecular weight is 227 g/mol. The molecule has 0 aromatic rings. The fraction of sp³-hybridized carbons (Fsp3) is 1.00. The zero-order valence-electron chi connectivity index (χ0n) is 12.0. The Labute approximate surface area is 103 Å². The molecule has 0 aromatic carbocycles. The van der Waals surface area contributed by atoms with Crippen LogP contribution in [0.1, 0.15) is 78.6 Å². The Morgan fingerprint density at radius 1 is 0.812 bits per heavy atom. The van der Waals surface area contributed by atoms with Crippen LogP contribution in [0.15, 0.2) is 0 Å². The van der Waals surface area contributed by atoms with Gasteiger partial charge in [0.15, 0.2) is 0 Å². The molecular weight excluding hydrogens is 194 g/mol.